The number of benzene rings is 9. The third-order valence-corrected chi connectivity index (χ3v) is 12.7. The Morgan fingerprint density at radius 1 is 0.345 bits per heavy atom. The summed E-state index contributed by atoms with van der Waals surface area (Å²) in [5.74, 6) is 0. The molecule has 0 aliphatic carbocycles. The second-order valence-electron chi connectivity index (χ2n) is 14.8. The fourth-order valence-electron chi connectivity index (χ4n) is 8.80. The number of nitrogens with zero attached hydrogens (tertiary/aromatic N) is 1. The van der Waals surface area contributed by atoms with Crippen LogP contribution in [-0.4, -0.2) is 0 Å². The molecule has 3 nitrogen and oxygen atoms in total. The lowest BCUT2D eigenvalue weighted by molar-refractivity contribution is 0.668. The number of para-hydroxylation sites is 1. The van der Waals surface area contributed by atoms with E-state index in [1.54, 1.807) is 0 Å². The molecule has 12 rings (SSSR count). The maximum atomic E-state index is 6.55. The maximum Gasteiger partial charge on any atom is 0.137 e. The molecule has 3 aromatic heterocycles. The van der Waals surface area contributed by atoms with Crippen molar-refractivity contribution in [3.05, 3.63) is 200 Å². The predicted octanol–water partition coefficient (Wildman–Crippen LogP) is 16.3. The SMILES string of the molecule is c1ccc(-c2ccc3c(c2)sc2c(-c4ccccc4)ccc(N(c4ccc5c(c4)oc4ccccc45)c4ccc5oc6cccc(-c7ccccc7)c6c5c4)c23)cc1. The van der Waals surface area contributed by atoms with Crippen LogP contribution in [0.1, 0.15) is 0 Å². The van der Waals surface area contributed by atoms with Gasteiger partial charge in [-0.15, -0.1) is 11.3 Å². The zero-order valence-electron chi connectivity index (χ0n) is 31.2. The molecule has 0 atom stereocenters. The van der Waals surface area contributed by atoms with Crippen molar-refractivity contribution in [2.45, 2.75) is 0 Å². The molecule has 58 heavy (non-hydrogen) atoms. The van der Waals surface area contributed by atoms with Crippen LogP contribution < -0.4 is 4.90 Å². The molecule has 0 amide bonds. The molecule has 0 aliphatic heterocycles. The van der Waals surface area contributed by atoms with Crippen molar-refractivity contribution in [1.29, 1.82) is 0 Å². The first-order chi connectivity index (χ1) is 28.7. The van der Waals surface area contributed by atoms with Crippen LogP contribution in [0.15, 0.2) is 209 Å². The van der Waals surface area contributed by atoms with E-state index in [1.807, 2.05) is 23.5 Å². The second kappa shape index (κ2) is 13.1. The number of thiophene rings is 1. The summed E-state index contributed by atoms with van der Waals surface area (Å²) in [6.07, 6.45) is 0. The van der Waals surface area contributed by atoms with E-state index in [1.165, 1.54) is 42.4 Å². The highest BCUT2D eigenvalue weighted by atomic mass is 32.1. The van der Waals surface area contributed by atoms with E-state index >= 15 is 0 Å². The number of fused-ring (bicyclic) bond motifs is 9. The van der Waals surface area contributed by atoms with Crippen molar-refractivity contribution < 1.29 is 8.83 Å². The summed E-state index contributed by atoms with van der Waals surface area (Å²) in [6.45, 7) is 0. The van der Waals surface area contributed by atoms with E-state index in [0.29, 0.717) is 0 Å². The summed E-state index contributed by atoms with van der Waals surface area (Å²) in [6, 6.07) is 71.4. The fourth-order valence-corrected chi connectivity index (χ4v) is 10.1. The monoisotopic (exact) mass is 759 g/mol. The molecule has 0 spiro atoms. The van der Waals surface area contributed by atoms with Crippen LogP contribution in [0.3, 0.4) is 0 Å². The first kappa shape index (κ1) is 32.8. The van der Waals surface area contributed by atoms with Gasteiger partial charge in [0.05, 0.1) is 5.69 Å². The van der Waals surface area contributed by atoms with E-state index < -0.39 is 0 Å². The topological polar surface area (TPSA) is 29.5 Å². The molecule has 9 aromatic carbocycles. The molecule has 0 saturated carbocycles. The Morgan fingerprint density at radius 3 is 1.78 bits per heavy atom. The van der Waals surface area contributed by atoms with Crippen molar-refractivity contribution in [3.63, 3.8) is 0 Å². The number of hydrogen-bond acceptors (Lipinski definition) is 4. The van der Waals surface area contributed by atoms with Crippen molar-refractivity contribution in [1.82, 2.24) is 0 Å². The van der Waals surface area contributed by atoms with Gasteiger partial charge in [-0.25, -0.2) is 0 Å². The minimum Gasteiger partial charge on any atom is -0.456 e. The highest BCUT2D eigenvalue weighted by molar-refractivity contribution is 7.26. The summed E-state index contributed by atoms with van der Waals surface area (Å²) in [5, 5.41) is 6.83. The van der Waals surface area contributed by atoms with E-state index in [9.17, 15) is 0 Å². The fraction of sp³-hybridized carbons (Fsp3) is 0. The molecule has 0 bridgehead atoms. The zero-order valence-corrected chi connectivity index (χ0v) is 32.0. The summed E-state index contributed by atoms with van der Waals surface area (Å²) < 4.78 is 15.6. The molecule has 0 N–H and O–H groups in total. The van der Waals surface area contributed by atoms with Crippen LogP contribution in [-0.2, 0) is 0 Å². The van der Waals surface area contributed by atoms with Crippen molar-refractivity contribution in [3.8, 4) is 33.4 Å². The maximum absolute atomic E-state index is 6.55. The highest BCUT2D eigenvalue weighted by Crippen LogP contribution is 2.50. The zero-order chi connectivity index (χ0) is 38.2. The van der Waals surface area contributed by atoms with E-state index in [-0.39, 0.29) is 0 Å². The quantitative estimate of drug-likeness (QED) is 0.169. The lowest BCUT2D eigenvalue weighted by atomic mass is 9.98. The number of anilines is 3. The Morgan fingerprint density at radius 2 is 0.966 bits per heavy atom. The van der Waals surface area contributed by atoms with Crippen LogP contribution in [0, 0.1) is 0 Å². The Bertz CT molecular complexity index is 3510. The highest BCUT2D eigenvalue weighted by Gasteiger charge is 2.24. The molecule has 0 saturated heterocycles. The first-order valence-electron chi connectivity index (χ1n) is 19.6. The molecule has 272 valence electrons. The predicted molar refractivity (Wildman–Crippen MR) is 245 cm³/mol. The van der Waals surface area contributed by atoms with Gasteiger partial charge in [0.2, 0.25) is 0 Å². The summed E-state index contributed by atoms with van der Waals surface area (Å²) in [4.78, 5) is 2.41. The molecule has 0 unspecified atom stereocenters. The first-order valence-corrected chi connectivity index (χ1v) is 20.4. The second-order valence-corrected chi connectivity index (χ2v) is 15.9. The van der Waals surface area contributed by atoms with Crippen LogP contribution in [0.2, 0.25) is 0 Å². The van der Waals surface area contributed by atoms with Crippen molar-refractivity contribution >= 4 is 92.4 Å². The van der Waals surface area contributed by atoms with E-state index in [2.05, 4.69) is 193 Å². The van der Waals surface area contributed by atoms with Gasteiger partial charge in [-0.05, 0) is 88.0 Å². The van der Waals surface area contributed by atoms with Gasteiger partial charge in [0.1, 0.15) is 22.3 Å². The average Bonchev–Trinajstić information content (AvgIpc) is 3.98. The molecule has 3 heterocycles. The molecule has 0 aliphatic rings. The van der Waals surface area contributed by atoms with Gasteiger partial charge in [-0.3, -0.25) is 0 Å². The Labute approximate surface area is 338 Å². The standard InChI is InChI=1S/C54H33NO2S/c1-4-13-34(14-5-1)37-23-26-44-51(31-37)58-54-41(36-17-8-3-9-18-36)28-29-46(53(44)54)55(39-24-27-43-42-19-10-11-21-47(42)57-50(43)33-39)38-25-30-48-45(32-38)52-40(20-12-22-49(52)56-48)35-15-6-2-7-16-35/h1-33H. The van der Waals surface area contributed by atoms with Gasteiger partial charge in [0, 0.05) is 59.2 Å². The van der Waals surface area contributed by atoms with Gasteiger partial charge in [-0.1, -0.05) is 140 Å². The molecule has 0 radical (unpaired) electrons. The van der Waals surface area contributed by atoms with Crippen molar-refractivity contribution in [2.75, 3.05) is 4.90 Å². The molecular weight excluding hydrogens is 727 g/mol. The lowest BCUT2D eigenvalue weighted by Crippen LogP contribution is -2.10. The Kier molecular flexibility index (Phi) is 7.40. The number of furan rings is 2. The summed E-state index contributed by atoms with van der Waals surface area (Å²) in [7, 11) is 0. The summed E-state index contributed by atoms with van der Waals surface area (Å²) >= 11 is 1.86. The third-order valence-electron chi connectivity index (χ3n) is 11.5. The van der Waals surface area contributed by atoms with Gasteiger partial charge in [0.25, 0.3) is 0 Å². The minimum absolute atomic E-state index is 0.852. The number of hydrogen-bond donors (Lipinski definition) is 0. The van der Waals surface area contributed by atoms with Crippen LogP contribution >= 0.6 is 11.3 Å². The van der Waals surface area contributed by atoms with Crippen molar-refractivity contribution in [2.24, 2.45) is 0 Å². The van der Waals surface area contributed by atoms with E-state index in [0.717, 1.165) is 72.1 Å². The minimum atomic E-state index is 0.852. The van der Waals surface area contributed by atoms with Gasteiger partial charge in [-0.2, -0.15) is 0 Å². The van der Waals surface area contributed by atoms with Crippen LogP contribution in [0.5, 0.6) is 0 Å². The van der Waals surface area contributed by atoms with E-state index in [4.69, 9.17) is 8.83 Å². The van der Waals surface area contributed by atoms with Crippen LogP contribution in [0.4, 0.5) is 17.1 Å². The van der Waals surface area contributed by atoms with Crippen LogP contribution in [0.25, 0.3) is 97.4 Å². The summed E-state index contributed by atoms with van der Waals surface area (Å²) in [5.41, 5.74) is 13.7. The normalized spacial score (nSPS) is 11.8. The lowest BCUT2D eigenvalue weighted by Gasteiger charge is -2.27. The van der Waals surface area contributed by atoms with Gasteiger partial charge >= 0.3 is 0 Å². The third kappa shape index (κ3) is 5.19. The molecule has 0 fully saturated rings. The van der Waals surface area contributed by atoms with Gasteiger partial charge < -0.3 is 13.7 Å². The molecule has 12 aromatic rings. The molecule has 4 heteroatoms. The largest absolute Gasteiger partial charge is 0.456 e. The average molecular weight is 760 g/mol. The Balaban J connectivity index is 1.15. The smallest absolute Gasteiger partial charge is 0.137 e. The Hall–Kier alpha value is -7.40. The molecular formula is C54H33NO2S. The number of rotatable bonds is 6. The van der Waals surface area contributed by atoms with Gasteiger partial charge in [0.15, 0.2) is 0 Å².